The molecule has 0 bridgehead atoms. The average molecular weight is 279 g/mol. The second-order valence-corrected chi connectivity index (χ2v) is 4.81. The minimum atomic E-state index is -0.172. The molecule has 3 heteroatoms. The fourth-order valence-electron chi connectivity index (χ4n) is 1.92. The van der Waals surface area contributed by atoms with E-state index in [9.17, 15) is 4.79 Å². The maximum Gasteiger partial charge on any atom is 0.255 e. The van der Waals surface area contributed by atoms with Crippen molar-refractivity contribution in [1.82, 2.24) is 0 Å². The Hall–Kier alpha value is -2.57. The Bertz CT molecular complexity index is 706. The number of aliphatic hydroxyl groups is 1. The lowest BCUT2D eigenvalue weighted by atomic mass is 10.0. The summed E-state index contributed by atoms with van der Waals surface area (Å²) in [6.45, 7) is 3.72. The average Bonchev–Trinajstić information content (AvgIpc) is 2.48. The van der Waals surface area contributed by atoms with Gasteiger partial charge in [-0.25, -0.2) is 0 Å². The quantitative estimate of drug-likeness (QED) is 0.830. The highest BCUT2D eigenvalue weighted by atomic mass is 16.2. The van der Waals surface area contributed by atoms with Crippen molar-refractivity contribution in [3.63, 3.8) is 0 Å². The van der Waals surface area contributed by atoms with E-state index >= 15 is 0 Å². The first kappa shape index (κ1) is 14.8. The minimum Gasteiger partial charge on any atom is -0.384 e. The fourth-order valence-corrected chi connectivity index (χ4v) is 1.92. The van der Waals surface area contributed by atoms with E-state index in [0.717, 1.165) is 22.4 Å². The van der Waals surface area contributed by atoms with Gasteiger partial charge in [-0.2, -0.15) is 0 Å². The van der Waals surface area contributed by atoms with Crippen molar-refractivity contribution in [3.05, 3.63) is 64.7 Å². The lowest BCUT2D eigenvalue weighted by Crippen LogP contribution is -2.12. The van der Waals surface area contributed by atoms with Gasteiger partial charge in [0, 0.05) is 16.8 Å². The van der Waals surface area contributed by atoms with E-state index in [2.05, 4.69) is 17.2 Å². The van der Waals surface area contributed by atoms with Crippen LogP contribution in [0.2, 0.25) is 0 Å². The van der Waals surface area contributed by atoms with E-state index in [4.69, 9.17) is 5.11 Å². The number of benzene rings is 2. The number of hydrogen-bond donors (Lipinski definition) is 2. The third-order valence-corrected chi connectivity index (χ3v) is 3.10. The molecule has 0 spiro atoms. The molecule has 0 fully saturated rings. The Morgan fingerprint density at radius 1 is 1.14 bits per heavy atom. The molecule has 0 saturated heterocycles. The summed E-state index contributed by atoms with van der Waals surface area (Å²) in [6.07, 6.45) is 0. The number of hydrogen-bond acceptors (Lipinski definition) is 2. The molecular formula is C18H17NO2. The van der Waals surface area contributed by atoms with Crippen LogP contribution >= 0.6 is 0 Å². The molecule has 0 aliphatic carbocycles. The first-order valence-electron chi connectivity index (χ1n) is 6.68. The first-order valence-corrected chi connectivity index (χ1v) is 6.68. The summed E-state index contributed by atoms with van der Waals surface area (Å²) in [6, 6.07) is 13.0. The van der Waals surface area contributed by atoms with Crippen LogP contribution in [0.25, 0.3) is 0 Å². The largest absolute Gasteiger partial charge is 0.384 e. The first-order chi connectivity index (χ1) is 10.1. The van der Waals surface area contributed by atoms with Crippen LogP contribution in [0.4, 0.5) is 5.69 Å². The number of rotatable bonds is 2. The molecule has 0 aliphatic rings. The van der Waals surface area contributed by atoms with E-state index in [1.165, 1.54) is 0 Å². The van der Waals surface area contributed by atoms with Crippen LogP contribution in [0.5, 0.6) is 0 Å². The SMILES string of the molecule is Cc1ccc(NC(=O)c2ccc(C#CCO)c(C)c2)cc1. The molecule has 3 nitrogen and oxygen atoms in total. The number of aryl methyl sites for hydroxylation is 2. The van der Waals surface area contributed by atoms with Crippen molar-refractivity contribution in [1.29, 1.82) is 0 Å². The molecule has 0 heterocycles. The van der Waals surface area contributed by atoms with Gasteiger partial charge in [-0.1, -0.05) is 29.5 Å². The van der Waals surface area contributed by atoms with Crippen LogP contribution in [-0.4, -0.2) is 17.6 Å². The zero-order valence-electron chi connectivity index (χ0n) is 12.1. The van der Waals surface area contributed by atoms with Crippen molar-refractivity contribution in [2.24, 2.45) is 0 Å². The van der Waals surface area contributed by atoms with E-state index in [1.54, 1.807) is 18.2 Å². The van der Waals surface area contributed by atoms with E-state index in [-0.39, 0.29) is 12.5 Å². The molecule has 0 saturated carbocycles. The van der Waals surface area contributed by atoms with Crippen molar-refractivity contribution < 1.29 is 9.90 Å². The van der Waals surface area contributed by atoms with Crippen LogP contribution in [0.1, 0.15) is 27.0 Å². The van der Waals surface area contributed by atoms with Crippen LogP contribution < -0.4 is 5.32 Å². The van der Waals surface area contributed by atoms with Gasteiger partial charge < -0.3 is 10.4 Å². The molecule has 106 valence electrons. The highest BCUT2D eigenvalue weighted by Gasteiger charge is 2.07. The molecule has 0 atom stereocenters. The molecule has 0 aliphatic heterocycles. The van der Waals surface area contributed by atoms with Crippen molar-refractivity contribution in [2.75, 3.05) is 11.9 Å². The summed E-state index contributed by atoms with van der Waals surface area (Å²) in [7, 11) is 0. The lowest BCUT2D eigenvalue weighted by Gasteiger charge is -2.07. The monoisotopic (exact) mass is 279 g/mol. The van der Waals surface area contributed by atoms with Crippen LogP contribution in [0.15, 0.2) is 42.5 Å². The number of carbonyl (C=O) groups excluding carboxylic acids is 1. The number of carbonyl (C=O) groups is 1. The second kappa shape index (κ2) is 6.74. The Kier molecular flexibility index (Phi) is 4.76. The number of nitrogens with one attached hydrogen (secondary N) is 1. The van der Waals surface area contributed by atoms with Gasteiger partial charge in [0.1, 0.15) is 6.61 Å². The fraction of sp³-hybridized carbons (Fsp3) is 0.167. The summed E-state index contributed by atoms with van der Waals surface area (Å²) in [5.41, 5.74) is 4.23. The van der Waals surface area contributed by atoms with Crippen molar-refractivity contribution >= 4 is 11.6 Å². The van der Waals surface area contributed by atoms with Gasteiger partial charge in [0.05, 0.1) is 0 Å². The smallest absolute Gasteiger partial charge is 0.255 e. The standard InChI is InChI=1S/C18H17NO2/c1-13-5-9-17(10-6-13)19-18(21)16-8-7-15(4-3-11-20)14(2)12-16/h5-10,12,20H,11H2,1-2H3,(H,19,21). The van der Waals surface area contributed by atoms with Gasteiger partial charge in [0.25, 0.3) is 5.91 Å². The zero-order chi connectivity index (χ0) is 15.2. The number of amides is 1. The molecule has 21 heavy (non-hydrogen) atoms. The molecule has 2 rings (SSSR count). The van der Waals surface area contributed by atoms with Gasteiger partial charge in [-0.3, -0.25) is 4.79 Å². The Morgan fingerprint density at radius 3 is 2.48 bits per heavy atom. The lowest BCUT2D eigenvalue weighted by molar-refractivity contribution is 0.102. The molecule has 2 aromatic rings. The molecule has 1 amide bonds. The molecule has 0 unspecified atom stereocenters. The highest BCUT2D eigenvalue weighted by molar-refractivity contribution is 6.04. The summed E-state index contributed by atoms with van der Waals surface area (Å²) < 4.78 is 0. The Labute approximate surface area is 124 Å². The topological polar surface area (TPSA) is 49.3 Å². The maximum atomic E-state index is 12.2. The van der Waals surface area contributed by atoms with Gasteiger partial charge in [-0.15, -0.1) is 0 Å². The van der Waals surface area contributed by atoms with Crippen LogP contribution in [-0.2, 0) is 0 Å². The minimum absolute atomic E-state index is 0.149. The van der Waals surface area contributed by atoms with E-state index < -0.39 is 0 Å². The number of anilines is 1. The predicted octanol–water partition coefficient (Wildman–Crippen LogP) is 2.90. The third kappa shape index (κ3) is 3.95. The summed E-state index contributed by atoms with van der Waals surface area (Å²) in [4.78, 5) is 12.2. The van der Waals surface area contributed by atoms with Gasteiger partial charge in [0.15, 0.2) is 0 Å². The van der Waals surface area contributed by atoms with Crippen LogP contribution in [0, 0.1) is 25.7 Å². The summed E-state index contributed by atoms with van der Waals surface area (Å²) in [5.74, 6) is 5.31. The maximum absolute atomic E-state index is 12.2. The molecule has 0 aromatic heterocycles. The van der Waals surface area contributed by atoms with Gasteiger partial charge in [-0.05, 0) is 49.7 Å². The van der Waals surface area contributed by atoms with Crippen molar-refractivity contribution in [2.45, 2.75) is 13.8 Å². The third-order valence-electron chi connectivity index (χ3n) is 3.10. The van der Waals surface area contributed by atoms with Gasteiger partial charge >= 0.3 is 0 Å². The second-order valence-electron chi connectivity index (χ2n) is 4.81. The molecule has 0 radical (unpaired) electrons. The summed E-state index contributed by atoms with van der Waals surface area (Å²) in [5, 5.41) is 11.6. The Balaban J connectivity index is 2.16. The van der Waals surface area contributed by atoms with Crippen molar-refractivity contribution in [3.8, 4) is 11.8 Å². The molecule has 2 aromatic carbocycles. The molecule has 2 N–H and O–H groups in total. The Morgan fingerprint density at radius 2 is 1.86 bits per heavy atom. The normalized spacial score (nSPS) is 9.67. The van der Waals surface area contributed by atoms with E-state index in [0.29, 0.717) is 5.56 Å². The summed E-state index contributed by atoms with van der Waals surface area (Å²) >= 11 is 0. The van der Waals surface area contributed by atoms with E-state index in [1.807, 2.05) is 38.1 Å². The highest BCUT2D eigenvalue weighted by Crippen LogP contribution is 2.14. The van der Waals surface area contributed by atoms with Crippen LogP contribution in [0.3, 0.4) is 0 Å². The van der Waals surface area contributed by atoms with Gasteiger partial charge in [0.2, 0.25) is 0 Å². The zero-order valence-corrected chi connectivity index (χ0v) is 12.1. The molecular weight excluding hydrogens is 262 g/mol. The number of aliphatic hydroxyl groups excluding tert-OH is 1. The predicted molar refractivity (Wildman–Crippen MR) is 84.3 cm³/mol.